The first-order chi connectivity index (χ1) is 10.9. The van der Waals surface area contributed by atoms with Gasteiger partial charge in [0.2, 0.25) is 5.95 Å². The van der Waals surface area contributed by atoms with Gasteiger partial charge in [-0.3, -0.25) is 0 Å². The van der Waals surface area contributed by atoms with Crippen molar-refractivity contribution < 1.29 is 0 Å². The monoisotopic (exact) mass is 294 g/mol. The van der Waals surface area contributed by atoms with E-state index in [2.05, 4.69) is 57.0 Å². The molecule has 22 heavy (non-hydrogen) atoms. The SMILES string of the molecule is c1ccc(CCNc2cc(C3CC3)nc(NC3CC3)n2)cc1. The van der Waals surface area contributed by atoms with E-state index in [1.54, 1.807) is 0 Å². The molecule has 0 aliphatic heterocycles. The van der Waals surface area contributed by atoms with Crippen molar-refractivity contribution in [2.24, 2.45) is 0 Å². The highest BCUT2D eigenvalue weighted by Crippen LogP contribution is 2.40. The molecule has 0 atom stereocenters. The molecule has 114 valence electrons. The number of rotatable bonds is 7. The Morgan fingerprint density at radius 1 is 1.00 bits per heavy atom. The maximum atomic E-state index is 4.68. The lowest BCUT2D eigenvalue weighted by atomic mass is 10.1. The van der Waals surface area contributed by atoms with Crippen LogP contribution in [0, 0.1) is 0 Å². The Morgan fingerprint density at radius 2 is 1.82 bits per heavy atom. The molecule has 2 aliphatic carbocycles. The number of aromatic nitrogens is 2. The van der Waals surface area contributed by atoms with Crippen LogP contribution in [0.5, 0.6) is 0 Å². The van der Waals surface area contributed by atoms with E-state index in [9.17, 15) is 0 Å². The fourth-order valence-electron chi connectivity index (χ4n) is 2.60. The summed E-state index contributed by atoms with van der Waals surface area (Å²) in [6.45, 7) is 0.897. The van der Waals surface area contributed by atoms with Crippen molar-refractivity contribution in [2.75, 3.05) is 17.2 Å². The molecule has 2 aromatic rings. The second kappa shape index (κ2) is 5.95. The van der Waals surface area contributed by atoms with Crippen molar-refractivity contribution in [3.05, 3.63) is 47.7 Å². The minimum absolute atomic E-state index is 0.589. The van der Waals surface area contributed by atoms with Gasteiger partial charge in [-0.1, -0.05) is 30.3 Å². The first-order valence-corrected chi connectivity index (χ1v) is 8.30. The Balaban J connectivity index is 1.42. The number of nitrogens with zero attached hydrogens (tertiary/aromatic N) is 2. The second-order valence-corrected chi connectivity index (χ2v) is 6.36. The Morgan fingerprint density at radius 3 is 2.55 bits per heavy atom. The van der Waals surface area contributed by atoms with Crippen LogP contribution in [0.3, 0.4) is 0 Å². The molecule has 0 bridgehead atoms. The third kappa shape index (κ3) is 3.56. The lowest BCUT2D eigenvalue weighted by Gasteiger charge is -2.10. The van der Waals surface area contributed by atoms with Gasteiger partial charge in [0.15, 0.2) is 0 Å². The maximum Gasteiger partial charge on any atom is 0.225 e. The molecule has 4 nitrogen and oxygen atoms in total. The Labute approximate surface area is 131 Å². The molecule has 2 N–H and O–H groups in total. The van der Waals surface area contributed by atoms with Gasteiger partial charge in [-0.05, 0) is 37.7 Å². The predicted molar refractivity (Wildman–Crippen MR) is 89.3 cm³/mol. The van der Waals surface area contributed by atoms with Crippen molar-refractivity contribution in [2.45, 2.75) is 44.1 Å². The van der Waals surface area contributed by atoms with Crippen LogP contribution in [0.1, 0.15) is 42.9 Å². The van der Waals surface area contributed by atoms with Gasteiger partial charge in [-0.2, -0.15) is 4.98 Å². The van der Waals surface area contributed by atoms with Crippen molar-refractivity contribution in [1.29, 1.82) is 0 Å². The number of benzene rings is 1. The zero-order chi connectivity index (χ0) is 14.8. The summed E-state index contributed by atoms with van der Waals surface area (Å²) in [5.41, 5.74) is 2.54. The summed E-state index contributed by atoms with van der Waals surface area (Å²) in [7, 11) is 0. The normalized spacial score (nSPS) is 17.3. The summed E-state index contributed by atoms with van der Waals surface area (Å²) in [4.78, 5) is 9.30. The highest BCUT2D eigenvalue weighted by molar-refractivity contribution is 5.45. The van der Waals surface area contributed by atoms with Crippen LogP contribution in [0.25, 0.3) is 0 Å². The smallest absolute Gasteiger partial charge is 0.225 e. The summed E-state index contributed by atoms with van der Waals surface area (Å²) in [5.74, 6) is 2.41. The van der Waals surface area contributed by atoms with Gasteiger partial charge < -0.3 is 10.6 Å². The predicted octanol–water partition coefficient (Wildman–Crippen LogP) is 3.58. The molecule has 2 saturated carbocycles. The van der Waals surface area contributed by atoms with Crippen molar-refractivity contribution in [1.82, 2.24) is 9.97 Å². The highest BCUT2D eigenvalue weighted by atomic mass is 15.2. The molecule has 1 aromatic heterocycles. The minimum atomic E-state index is 0.589. The molecule has 4 heteroatoms. The van der Waals surface area contributed by atoms with Crippen LogP contribution in [0.15, 0.2) is 36.4 Å². The molecular formula is C18H22N4. The number of anilines is 2. The van der Waals surface area contributed by atoms with E-state index >= 15 is 0 Å². The standard InChI is InChI=1S/C18H22N4/c1-2-4-13(5-3-1)10-11-19-17-12-16(14-6-7-14)21-18(22-17)20-15-8-9-15/h1-5,12,14-15H,6-11H2,(H2,19,20,21,22). The number of nitrogens with one attached hydrogen (secondary N) is 2. The average molecular weight is 294 g/mol. The minimum Gasteiger partial charge on any atom is -0.370 e. The average Bonchev–Trinajstić information content (AvgIpc) is 3.42. The van der Waals surface area contributed by atoms with Crippen LogP contribution in [-0.2, 0) is 6.42 Å². The molecule has 2 aliphatic rings. The van der Waals surface area contributed by atoms with E-state index in [4.69, 9.17) is 0 Å². The fourth-order valence-corrected chi connectivity index (χ4v) is 2.60. The molecule has 1 heterocycles. The fraction of sp³-hybridized carbons (Fsp3) is 0.444. The van der Waals surface area contributed by atoms with Crippen LogP contribution in [0.4, 0.5) is 11.8 Å². The second-order valence-electron chi connectivity index (χ2n) is 6.36. The molecule has 0 radical (unpaired) electrons. The Kier molecular flexibility index (Phi) is 3.67. The molecule has 0 unspecified atom stereocenters. The van der Waals surface area contributed by atoms with Crippen molar-refractivity contribution in [3.63, 3.8) is 0 Å². The summed E-state index contributed by atoms with van der Waals surface area (Å²) in [6, 6.07) is 13.3. The first-order valence-electron chi connectivity index (χ1n) is 8.30. The van der Waals surface area contributed by atoms with E-state index in [0.717, 1.165) is 24.7 Å². The Bertz CT molecular complexity index is 633. The third-order valence-corrected chi connectivity index (χ3v) is 4.21. The first kappa shape index (κ1) is 13.6. The van der Waals surface area contributed by atoms with Gasteiger partial charge >= 0.3 is 0 Å². The molecule has 4 rings (SSSR count). The van der Waals surface area contributed by atoms with Crippen LogP contribution < -0.4 is 10.6 Å². The topological polar surface area (TPSA) is 49.8 Å². The quantitative estimate of drug-likeness (QED) is 0.819. The molecule has 0 amide bonds. The van der Waals surface area contributed by atoms with Crippen LogP contribution in [0.2, 0.25) is 0 Å². The Hall–Kier alpha value is -2.10. The van der Waals surface area contributed by atoms with E-state index in [0.29, 0.717) is 12.0 Å². The van der Waals surface area contributed by atoms with Gasteiger partial charge in [0, 0.05) is 24.6 Å². The molecule has 1 aromatic carbocycles. The van der Waals surface area contributed by atoms with E-state index < -0.39 is 0 Å². The summed E-state index contributed by atoms with van der Waals surface area (Å²) in [6.07, 6.45) is 6.03. The number of hydrogen-bond donors (Lipinski definition) is 2. The molecule has 2 fully saturated rings. The van der Waals surface area contributed by atoms with Crippen molar-refractivity contribution >= 4 is 11.8 Å². The van der Waals surface area contributed by atoms with Crippen LogP contribution in [-0.4, -0.2) is 22.6 Å². The highest BCUT2D eigenvalue weighted by Gasteiger charge is 2.27. The van der Waals surface area contributed by atoms with Crippen molar-refractivity contribution in [3.8, 4) is 0 Å². The maximum absolute atomic E-state index is 4.68. The lowest BCUT2D eigenvalue weighted by Crippen LogP contribution is -2.11. The summed E-state index contributed by atoms with van der Waals surface area (Å²) in [5, 5.41) is 6.88. The van der Waals surface area contributed by atoms with E-state index in [1.807, 2.05) is 0 Å². The zero-order valence-corrected chi connectivity index (χ0v) is 12.8. The van der Waals surface area contributed by atoms with E-state index in [-0.39, 0.29) is 0 Å². The molecular weight excluding hydrogens is 272 g/mol. The van der Waals surface area contributed by atoms with E-state index in [1.165, 1.54) is 36.9 Å². The molecule has 0 saturated heterocycles. The van der Waals surface area contributed by atoms with Gasteiger partial charge in [-0.15, -0.1) is 0 Å². The largest absolute Gasteiger partial charge is 0.370 e. The third-order valence-electron chi connectivity index (χ3n) is 4.21. The zero-order valence-electron chi connectivity index (χ0n) is 12.8. The van der Waals surface area contributed by atoms with Gasteiger partial charge in [0.25, 0.3) is 0 Å². The summed E-state index contributed by atoms with van der Waals surface area (Å²) >= 11 is 0. The van der Waals surface area contributed by atoms with Gasteiger partial charge in [-0.25, -0.2) is 4.98 Å². The lowest BCUT2D eigenvalue weighted by molar-refractivity contribution is 0.948. The molecule has 0 spiro atoms. The summed E-state index contributed by atoms with van der Waals surface area (Å²) < 4.78 is 0. The van der Waals surface area contributed by atoms with Gasteiger partial charge in [0.1, 0.15) is 5.82 Å². The van der Waals surface area contributed by atoms with Gasteiger partial charge in [0.05, 0.1) is 5.69 Å². The van der Waals surface area contributed by atoms with Crippen LogP contribution >= 0.6 is 0 Å². The number of hydrogen-bond acceptors (Lipinski definition) is 4.